The van der Waals surface area contributed by atoms with Gasteiger partial charge in [-0.15, -0.1) is 5.10 Å². The first kappa shape index (κ1) is 13.4. The van der Waals surface area contributed by atoms with Gasteiger partial charge in [-0.25, -0.2) is 0 Å². The highest BCUT2D eigenvalue weighted by Gasteiger charge is 2.07. The van der Waals surface area contributed by atoms with E-state index in [4.69, 9.17) is 0 Å². The quantitative estimate of drug-likeness (QED) is 0.675. The lowest BCUT2D eigenvalue weighted by Gasteiger charge is -2.05. The highest BCUT2D eigenvalue weighted by molar-refractivity contribution is 5.30. The Morgan fingerprint density at radius 2 is 2.05 bits per heavy atom. The summed E-state index contributed by atoms with van der Waals surface area (Å²) in [7, 11) is 1.92. The van der Waals surface area contributed by atoms with Crippen molar-refractivity contribution in [2.45, 2.75) is 13.0 Å². The van der Waals surface area contributed by atoms with Crippen LogP contribution in [0.25, 0.3) is 5.69 Å². The number of tetrazole rings is 1. The lowest BCUT2D eigenvalue weighted by atomic mass is 10.2. The zero-order valence-electron chi connectivity index (χ0n) is 11.8. The number of para-hydroxylation sites is 1. The summed E-state index contributed by atoms with van der Waals surface area (Å²) in [6.45, 7) is 1.48. The standard InChI is InChI=1S/C14H17N7/c1-20-11-12(9-16-20)7-8-15-10-14-17-18-19-21(14)13-5-3-2-4-6-13/h2-6,9,11,15H,7-8,10H2,1H3. The minimum atomic E-state index is 0.627. The Kier molecular flexibility index (Phi) is 4.02. The van der Waals surface area contributed by atoms with E-state index >= 15 is 0 Å². The molecule has 0 aliphatic carbocycles. The molecule has 7 heteroatoms. The number of benzene rings is 1. The third-order valence-corrected chi connectivity index (χ3v) is 3.17. The van der Waals surface area contributed by atoms with Gasteiger partial charge in [0.2, 0.25) is 0 Å². The number of hydrogen-bond acceptors (Lipinski definition) is 5. The molecular weight excluding hydrogens is 266 g/mol. The van der Waals surface area contributed by atoms with Gasteiger partial charge in [-0.05, 0) is 41.1 Å². The summed E-state index contributed by atoms with van der Waals surface area (Å²) in [6.07, 6.45) is 4.84. The SMILES string of the molecule is Cn1cc(CCNCc2nnnn2-c2ccccc2)cn1. The number of aromatic nitrogens is 6. The highest BCUT2D eigenvalue weighted by atomic mass is 15.5. The topological polar surface area (TPSA) is 73.5 Å². The highest BCUT2D eigenvalue weighted by Crippen LogP contribution is 2.06. The Hall–Kier alpha value is -2.54. The van der Waals surface area contributed by atoms with Gasteiger partial charge in [0, 0.05) is 13.2 Å². The van der Waals surface area contributed by atoms with Crippen LogP contribution in [-0.4, -0.2) is 36.5 Å². The monoisotopic (exact) mass is 283 g/mol. The van der Waals surface area contributed by atoms with Gasteiger partial charge in [0.25, 0.3) is 0 Å². The number of hydrogen-bond donors (Lipinski definition) is 1. The Labute approximate surface area is 122 Å². The van der Waals surface area contributed by atoms with E-state index in [0.29, 0.717) is 6.54 Å². The van der Waals surface area contributed by atoms with E-state index in [0.717, 1.165) is 24.5 Å². The number of nitrogens with one attached hydrogen (secondary N) is 1. The second-order valence-electron chi connectivity index (χ2n) is 4.79. The van der Waals surface area contributed by atoms with Crippen molar-refractivity contribution in [2.24, 2.45) is 7.05 Å². The Bertz CT molecular complexity index is 686. The van der Waals surface area contributed by atoms with E-state index < -0.39 is 0 Å². The zero-order chi connectivity index (χ0) is 14.5. The molecular formula is C14H17N7. The van der Waals surface area contributed by atoms with Gasteiger partial charge in [-0.2, -0.15) is 9.78 Å². The molecule has 0 spiro atoms. The average molecular weight is 283 g/mol. The predicted octanol–water partition coefficient (Wildman–Crippen LogP) is 0.728. The molecule has 0 saturated heterocycles. The first-order valence-electron chi connectivity index (χ1n) is 6.84. The van der Waals surface area contributed by atoms with Crippen LogP contribution in [0, 0.1) is 0 Å². The molecule has 0 saturated carbocycles. The van der Waals surface area contributed by atoms with Gasteiger partial charge in [-0.1, -0.05) is 18.2 Å². The largest absolute Gasteiger partial charge is 0.309 e. The molecule has 0 unspecified atom stereocenters. The third-order valence-electron chi connectivity index (χ3n) is 3.17. The molecule has 1 aromatic carbocycles. The van der Waals surface area contributed by atoms with Crippen LogP contribution >= 0.6 is 0 Å². The molecule has 0 atom stereocenters. The van der Waals surface area contributed by atoms with E-state index in [1.165, 1.54) is 5.56 Å². The summed E-state index contributed by atoms with van der Waals surface area (Å²) in [6, 6.07) is 9.87. The normalized spacial score (nSPS) is 10.9. The average Bonchev–Trinajstić information content (AvgIpc) is 3.13. The van der Waals surface area contributed by atoms with Crippen LogP contribution in [-0.2, 0) is 20.0 Å². The number of rotatable bonds is 6. The van der Waals surface area contributed by atoms with Crippen LogP contribution in [0.2, 0.25) is 0 Å². The first-order chi connectivity index (χ1) is 10.3. The van der Waals surface area contributed by atoms with Crippen LogP contribution in [0.3, 0.4) is 0 Å². The molecule has 0 bridgehead atoms. The summed E-state index contributed by atoms with van der Waals surface area (Å²) >= 11 is 0. The van der Waals surface area contributed by atoms with Crippen LogP contribution in [0.4, 0.5) is 0 Å². The maximum absolute atomic E-state index is 4.15. The second kappa shape index (κ2) is 6.27. The van der Waals surface area contributed by atoms with Crippen molar-refractivity contribution in [1.29, 1.82) is 0 Å². The van der Waals surface area contributed by atoms with Crippen molar-refractivity contribution in [3.8, 4) is 5.69 Å². The second-order valence-corrected chi connectivity index (χ2v) is 4.79. The van der Waals surface area contributed by atoms with E-state index in [2.05, 4.69) is 25.9 Å². The number of nitrogens with zero attached hydrogens (tertiary/aromatic N) is 6. The van der Waals surface area contributed by atoms with Crippen molar-refractivity contribution in [1.82, 2.24) is 35.3 Å². The Morgan fingerprint density at radius 3 is 2.81 bits per heavy atom. The Balaban J connectivity index is 1.55. The molecule has 3 aromatic rings. The van der Waals surface area contributed by atoms with E-state index in [1.54, 1.807) is 4.68 Å². The minimum absolute atomic E-state index is 0.627. The molecule has 0 fully saturated rings. The third kappa shape index (κ3) is 3.32. The molecule has 0 amide bonds. The fourth-order valence-electron chi connectivity index (χ4n) is 2.12. The molecule has 0 radical (unpaired) electrons. The van der Waals surface area contributed by atoms with Crippen molar-refractivity contribution >= 4 is 0 Å². The van der Waals surface area contributed by atoms with Gasteiger partial charge in [0.1, 0.15) is 0 Å². The van der Waals surface area contributed by atoms with Crippen molar-refractivity contribution in [3.05, 3.63) is 54.1 Å². The maximum atomic E-state index is 4.15. The van der Waals surface area contributed by atoms with E-state index in [1.807, 2.05) is 54.5 Å². The summed E-state index contributed by atoms with van der Waals surface area (Å²) < 4.78 is 3.56. The zero-order valence-corrected chi connectivity index (χ0v) is 11.8. The van der Waals surface area contributed by atoms with Crippen LogP contribution < -0.4 is 5.32 Å². The molecule has 7 nitrogen and oxygen atoms in total. The fraction of sp³-hybridized carbons (Fsp3) is 0.286. The lowest BCUT2D eigenvalue weighted by Crippen LogP contribution is -2.19. The summed E-state index contributed by atoms with van der Waals surface area (Å²) in [5, 5.41) is 19.3. The minimum Gasteiger partial charge on any atom is -0.309 e. The smallest absolute Gasteiger partial charge is 0.170 e. The fourth-order valence-corrected chi connectivity index (χ4v) is 2.12. The molecule has 2 heterocycles. The van der Waals surface area contributed by atoms with E-state index in [9.17, 15) is 0 Å². The van der Waals surface area contributed by atoms with Crippen LogP contribution in [0.5, 0.6) is 0 Å². The molecule has 3 rings (SSSR count). The lowest BCUT2D eigenvalue weighted by molar-refractivity contribution is 0.640. The van der Waals surface area contributed by atoms with Crippen molar-refractivity contribution in [3.63, 3.8) is 0 Å². The molecule has 2 aromatic heterocycles. The summed E-state index contributed by atoms with van der Waals surface area (Å²) in [4.78, 5) is 0. The van der Waals surface area contributed by atoms with Gasteiger partial charge < -0.3 is 5.32 Å². The van der Waals surface area contributed by atoms with Gasteiger partial charge in [0.05, 0.1) is 18.4 Å². The molecule has 1 N–H and O–H groups in total. The number of aryl methyl sites for hydroxylation is 1. The van der Waals surface area contributed by atoms with Crippen LogP contribution in [0.15, 0.2) is 42.7 Å². The first-order valence-corrected chi connectivity index (χ1v) is 6.84. The molecule has 108 valence electrons. The van der Waals surface area contributed by atoms with Gasteiger partial charge in [-0.3, -0.25) is 4.68 Å². The van der Waals surface area contributed by atoms with Gasteiger partial charge >= 0.3 is 0 Å². The van der Waals surface area contributed by atoms with Crippen molar-refractivity contribution < 1.29 is 0 Å². The predicted molar refractivity (Wildman–Crippen MR) is 77.8 cm³/mol. The molecule has 0 aliphatic rings. The van der Waals surface area contributed by atoms with Crippen LogP contribution in [0.1, 0.15) is 11.4 Å². The van der Waals surface area contributed by atoms with Gasteiger partial charge in [0.15, 0.2) is 5.82 Å². The molecule has 21 heavy (non-hydrogen) atoms. The maximum Gasteiger partial charge on any atom is 0.170 e. The van der Waals surface area contributed by atoms with Crippen molar-refractivity contribution in [2.75, 3.05) is 6.54 Å². The summed E-state index contributed by atoms with van der Waals surface area (Å²) in [5.41, 5.74) is 2.18. The van der Waals surface area contributed by atoms with E-state index in [-0.39, 0.29) is 0 Å². The Morgan fingerprint density at radius 1 is 1.19 bits per heavy atom. The molecule has 0 aliphatic heterocycles. The summed E-state index contributed by atoms with van der Waals surface area (Å²) in [5.74, 6) is 0.799.